The first-order valence-corrected chi connectivity index (χ1v) is 10.6. The molecule has 1 atom stereocenters. The van der Waals surface area contributed by atoms with Crippen LogP contribution in [0.3, 0.4) is 0 Å². The van der Waals surface area contributed by atoms with Crippen LogP contribution in [-0.2, 0) is 14.8 Å². The van der Waals surface area contributed by atoms with Gasteiger partial charge in [-0.05, 0) is 63.8 Å². The first-order chi connectivity index (χ1) is 12.7. The third-order valence-corrected chi connectivity index (χ3v) is 7.21. The second-order valence-corrected chi connectivity index (χ2v) is 9.18. The normalized spacial score (nSPS) is 17.9. The Balaban J connectivity index is 1.89. The molecule has 1 aliphatic heterocycles. The van der Waals surface area contributed by atoms with E-state index in [1.165, 1.54) is 4.31 Å². The molecule has 1 unspecified atom stereocenters. The van der Waals surface area contributed by atoms with E-state index in [9.17, 15) is 13.2 Å². The van der Waals surface area contributed by atoms with Gasteiger partial charge in [0.05, 0.1) is 4.90 Å². The molecule has 0 spiro atoms. The molecule has 0 radical (unpaired) electrons. The minimum Gasteiger partial charge on any atom is -0.325 e. The van der Waals surface area contributed by atoms with Gasteiger partial charge >= 0.3 is 0 Å². The van der Waals surface area contributed by atoms with E-state index in [4.69, 9.17) is 0 Å². The molecule has 5 nitrogen and oxygen atoms in total. The molecule has 1 amide bonds. The van der Waals surface area contributed by atoms with Crippen molar-refractivity contribution >= 4 is 21.6 Å². The van der Waals surface area contributed by atoms with Crippen molar-refractivity contribution in [3.8, 4) is 0 Å². The molecule has 1 saturated heterocycles. The van der Waals surface area contributed by atoms with E-state index in [-0.39, 0.29) is 5.91 Å². The lowest BCUT2D eigenvalue weighted by Gasteiger charge is -2.25. The quantitative estimate of drug-likeness (QED) is 0.871. The molecular weight excluding hydrogens is 360 g/mol. The van der Waals surface area contributed by atoms with Gasteiger partial charge in [-0.15, -0.1) is 0 Å². The number of amides is 1. The summed E-state index contributed by atoms with van der Waals surface area (Å²) in [6.45, 7) is 7.91. The van der Waals surface area contributed by atoms with E-state index >= 15 is 0 Å². The summed E-state index contributed by atoms with van der Waals surface area (Å²) < 4.78 is 28.1. The number of carbonyl (C=O) groups is 1. The summed E-state index contributed by atoms with van der Waals surface area (Å²) in [6.07, 6.45) is 1.20. The topological polar surface area (TPSA) is 66.5 Å². The van der Waals surface area contributed by atoms with Gasteiger partial charge in [0.25, 0.3) is 0 Å². The van der Waals surface area contributed by atoms with Gasteiger partial charge in [0.2, 0.25) is 15.9 Å². The molecule has 0 bridgehead atoms. The summed E-state index contributed by atoms with van der Waals surface area (Å²) in [5, 5.41) is 2.86. The van der Waals surface area contributed by atoms with Crippen molar-refractivity contribution in [1.82, 2.24) is 4.31 Å². The summed E-state index contributed by atoms with van der Waals surface area (Å²) in [5.74, 6) is -0.276. The van der Waals surface area contributed by atoms with Crippen LogP contribution in [0.2, 0.25) is 0 Å². The maximum Gasteiger partial charge on any atom is 0.244 e. The van der Waals surface area contributed by atoms with E-state index in [1.54, 1.807) is 0 Å². The largest absolute Gasteiger partial charge is 0.325 e. The van der Waals surface area contributed by atoms with Gasteiger partial charge in [-0.1, -0.05) is 35.4 Å². The number of anilines is 1. The average Bonchev–Trinajstić information content (AvgIpc) is 3.06. The van der Waals surface area contributed by atoms with Crippen LogP contribution in [0, 0.1) is 27.7 Å². The maximum atomic E-state index is 13.3. The van der Waals surface area contributed by atoms with Crippen LogP contribution in [0.25, 0.3) is 0 Å². The predicted octanol–water partition coefficient (Wildman–Crippen LogP) is 3.71. The summed E-state index contributed by atoms with van der Waals surface area (Å²) in [7, 11) is -3.74. The number of hydrogen-bond donors (Lipinski definition) is 1. The molecule has 144 valence electrons. The molecule has 27 heavy (non-hydrogen) atoms. The number of nitrogens with zero attached hydrogens (tertiary/aromatic N) is 1. The Hall–Kier alpha value is -2.18. The lowest BCUT2D eigenvalue weighted by Crippen LogP contribution is -2.43. The number of nitrogens with one attached hydrogen (secondary N) is 1. The van der Waals surface area contributed by atoms with Crippen molar-refractivity contribution in [2.75, 3.05) is 11.9 Å². The molecule has 6 heteroatoms. The molecule has 2 aromatic rings. The minimum absolute atomic E-state index is 0.276. The zero-order valence-electron chi connectivity index (χ0n) is 16.2. The predicted molar refractivity (Wildman–Crippen MR) is 107 cm³/mol. The highest BCUT2D eigenvalue weighted by molar-refractivity contribution is 7.89. The zero-order valence-corrected chi connectivity index (χ0v) is 17.1. The Morgan fingerprint density at radius 2 is 1.59 bits per heavy atom. The van der Waals surface area contributed by atoms with Crippen LogP contribution in [0.4, 0.5) is 5.69 Å². The summed E-state index contributed by atoms with van der Waals surface area (Å²) in [4.78, 5) is 13.1. The molecule has 3 rings (SSSR count). The van der Waals surface area contributed by atoms with Crippen LogP contribution < -0.4 is 5.32 Å². The molecule has 0 aromatic heterocycles. The van der Waals surface area contributed by atoms with Gasteiger partial charge in [0.15, 0.2) is 0 Å². The van der Waals surface area contributed by atoms with Crippen molar-refractivity contribution in [3.63, 3.8) is 0 Å². The van der Waals surface area contributed by atoms with E-state index in [1.807, 2.05) is 64.1 Å². The first kappa shape index (κ1) is 19.6. The fraction of sp³-hybridized carbons (Fsp3) is 0.381. The lowest BCUT2D eigenvalue weighted by atomic mass is 10.1. The molecular formula is C21H26N2O3S. The Morgan fingerprint density at radius 3 is 2.19 bits per heavy atom. The summed E-state index contributed by atoms with van der Waals surface area (Å²) in [5.41, 5.74) is 4.24. The Kier molecular flexibility index (Phi) is 5.40. The molecule has 1 aliphatic rings. The van der Waals surface area contributed by atoms with Crippen molar-refractivity contribution < 1.29 is 13.2 Å². The highest BCUT2D eigenvalue weighted by Gasteiger charge is 2.40. The van der Waals surface area contributed by atoms with Crippen LogP contribution in [0.5, 0.6) is 0 Å². The number of hydrogen-bond acceptors (Lipinski definition) is 3. The van der Waals surface area contributed by atoms with Crippen LogP contribution in [0.15, 0.2) is 41.3 Å². The summed E-state index contributed by atoms with van der Waals surface area (Å²) in [6, 6.07) is 10.5. The molecule has 2 aromatic carbocycles. The fourth-order valence-corrected chi connectivity index (χ4v) is 5.91. The third kappa shape index (κ3) is 3.92. The van der Waals surface area contributed by atoms with Crippen molar-refractivity contribution in [1.29, 1.82) is 0 Å². The Bertz CT molecular complexity index is 942. The average molecular weight is 387 g/mol. The standard InChI is InChI=1S/C21H26N2O3S/c1-14-7-9-18(10-8-14)22-21(24)19-6-5-11-23(19)27(25,26)20-16(3)12-15(2)13-17(20)4/h7-10,12-13,19H,5-6,11H2,1-4H3,(H,22,24). The smallest absolute Gasteiger partial charge is 0.244 e. The lowest BCUT2D eigenvalue weighted by molar-refractivity contribution is -0.119. The number of sulfonamides is 1. The Labute approximate surface area is 161 Å². The SMILES string of the molecule is Cc1ccc(NC(=O)C2CCCN2S(=O)(=O)c2c(C)cc(C)cc2C)cc1. The molecule has 1 N–H and O–H groups in total. The zero-order chi connectivity index (χ0) is 19.8. The molecule has 0 aliphatic carbocycles. The number of aryl methyl sites for hydroxylation is 4. The van der Waals surface area contributed by atoms with Gasteiger partial charge in [-0.25, -0.2) is 8.42 Å². The molecule has 1 fully saturated rings. The van der Waals surface area contributed by atoms with E-state index < -0.39 is 16.1 Å². The van der Waals surface area contributed by atoms with Gasteiger partial charge < -0.3 is 5.32 Å². The fourth-order valence-electron chi connectivity index (χ4n) is 3.84. The van der Waals surface area contributed by atoms with Gasteiger partial charge in [0.1, 0.15) is 6.04 Å². The molecule has 1 heterocycles. The number of benzene rings is 2. The monoisotopic (exact) mass is 386 g/mol. The second-order valence-electron chi connectivity index (χ2n) is 7.36. The van der Waals surface area contributed by atoms with Crippen molar-refractivity contribution in [2.24, 2.45) is 0 Å². The number of rotatable bonds is 4. The highest BCUT2D eigenvalue weighted by atomic mass is 32.2. The molecule has 0 saturated carbocycles. The first-order valence-electron chi connectivity index (χ1n) is 9.17. The van der Waals surface area contributed by atoms with E-state index in [0.29, 0.717) is 30.0 Å². The maximum absolute atomic E-state index is 13.3. The van der Waals surface area contributed by atoms with Crippen LogP contribution in [0.1, 0.15) is 35.1 Å². The van der Waals surface area contributed by atoms with Gasteiger partial charge in [-0.2, -0.15) is 4.31 Å². The minimum atomic E-state index is -3.74. The van der Waals surface area contributed by atoms with E-state index in [2.05, 4.69) is 5.32 Å². The second kappa shape index (κ2) is 7.44. The number of carbonyl (C=O) groups excluding carboxylic acids is 1. The van der Waals surface area contributed by atoms with Crippen LogP contribution >= 0.6 is 0 Å². The highest BCUT2D eigenvalue weighted by Crippen LogP contribution is 2.31. The third-order valence-electron chi connectivity index (χ3n) is 5.00. The van der Waals surface area contributed by atoms with Crippen molar-refractivity contribution in [2.45, 2.75) is 51.5 Å². The summed E-state index contributed by atoms with van der Waals surface area (Å²) >= 11 is 0. The van der Waals surface area contributed by atoms with Gasteiger partial charge in [0, 0.05) is 12.2 Å². The van der Waals surface area contributed by atoms with E-state index in [0.717, 1.165) is 22.3 Å². The van der Waals surface area contributed by atoms with Crippen molar-refractivity contribution in [3.05, 3.63) is 58.7 Å². The van der Waals surface area contributed by atoms with Gasteiger partial charge in [-0.3, -0.25) is 4.79 Å². The van der Waals surface area contributed by atoms with Crippen LogP contribution in [-0.4, -0.2) is 31.2 Å². The Morgan fingerprint density at radius 1 is 1.00 bits per heavy atom.